The number of fused-ring (bicyclic) bond motifs is 1. The zero-order valence-corrected chi connectivity index (χ0v) is 17.1. The Morgan fingerprint density at radius 1 is 1.45 bits per heavy atom. The predicted octanol–water partition coefficient (Wildman–Crippen LogP) is 0.857. The number of hydrogen-bond donors (Lipinski definition) is 3. The number of aromatic nitrogens is 1. The highest BCUT2D eigenvalue weighted by Crippen LogP contribution is 2.19. The Hall–Kier alpha value is -2.95. The number of rotatable bonds is 8. The molecule has 10 heteroatoms. The lowest BCUT2D eigenvalue weighted by molar-refractivity contribution is -0.0985. The van der Waals surface area contributed by atoms with E-state index in [2.05, 4.69) is 17.3 Å². The summed E-state index contributed by atoms with van der Waals surface area (Å²) < 4.78 is 24.6. The highest BCUT2D eigenvalue weighted by atomic mass is 19.1. The van der Waals surface area contributed by atoms with Crippen LogP contribution in [0, 0.1) is 5.92 Å². The van der Waals surface area contributed by atoms with Gasteiger partial charge in [-0.25, -0.2) is 4.39 Å². The highest BCUT2D eigenvalue weighted by Gasteiger charge is 2.26. The van der Waals surface area contributed by atoms with Crippen molar-refractivity contribution in [2.45, 2.75) is 12.6 Å². The standard InChI is InChI=1S/C21H27FN4O5/c1-2-15(5-3-4-6-22)9-23-21(29)17-11-26-18(20(28)19(17)27)12-25(14-24-26)10-16-13-30-7-8-31-16/h2-6,11,15-16,24,28H,1,7-10,12-14H2,(H,23,29)/b5-3?,6-4+. The molecule has 168 valence electrons. The third-order valence-corrected chi connectivity index (χ3v) is 5.05. The van der Waals surface area contributed by atoms with Gasteiger partial charge in [-0.2, -0.15) is 0 Å². The Labute approximate surface area is 179 Å². The zero-order valence-electron chi connectivity index (χ0n) is 17.1. The van der Waals surface area contributed by atoms with Crippen molar-refractivity contribution in [1.82, 2.24) is 14.9 Å². The van der Waals surface area contributed by atoms with E-state index < -0.39 is 17.1 Å². The van der Waals surface area contributed by atoms with Crippen molar-refractivity contribution >= 4 is 5.91 Å². The molecule has 0 radical (unpaired) electrons. The zero-order chi connectivity index (χ0) is 22.2. The lowest BCUT2D eigenvalue weighted by Crippen LogP contribution is -2.47. The normalized spacial score (nSPS) is 20.4. The first-order valence-electron chi connectivity index (χ1n) is 10.0. The Kier molecular flexibility index (Phi) is 7.99. The van der Waals surface area contributed by atoms with Gasteiger partial charge in [-0.05, 0) is 6.08 Å². The molecule has 2 atom stereocenters. The molecule has 1 amide bonds. The van der Waals surface area contributed by atoms with Crippen molar-refractivity contribution in [1.29, 1.82) is 0 Å². The van der Waals surface area contributed by atoms with Gasteiger partial charge in [-0.3, -0.25) is 19.2 Å². The fourth-order valence-electron chi connectivity index (χ4n) is 3.38. The Morgan fingerprint density at radius 2 is 2.29 bits per heavy atom. The van der Waals surface area contributed by atoms with E-state index in [4.69, 9.17) is 9.47 Å². The second kappa shape index (κ2) is 10.9. The fraction of sp³-hybridized carbons (Fsp3) is 0.429. The van der Waals surface area contributed by atoms with Gasteiger partial charge in [-0.1, -0.05) is 18.2 Å². The number of nitrogens with one attached hydrogen (secondary N) is 2. The summed E-state index contributed by atoms with van der Waals surface area (Å²) in [5.74, 6) is -1.33. The van der Waals surface area contributed by atoms with E-state index in [-0.39, 0.29) is 24.1 Å². The molecule has 2 aliphatic rings. The van der Waals surface area contributed by atoms with Crippen molar-refractivity contribution in [3.8, 4) is 5.75 Å². The van der Waals surface area contributed by atoms with Gasteiger partial charge in [0.05, 0.1) is 44.6 Å². The number of carbonyl (C=O) groups is 1. The SMILES string of the molecule is C=CC(C=C/C=C/F)CNC(=O)c1cn2c(c(O)c1=O)CN(CC1COCCO1)CN2. The minimum absolute atomic E-state index is 0.0757. The Morgan fingerprint density at radius 3 is 3.00 bits per heavy atom. The van der Waals surface area contributed by atoms with Crippen LogP contribution in [0.3, 0.4) is 0 Å². The number of nitrogens with zero attached hydrogens (tertiary/aromatic N) is 2. The van der Waals surface area contributed by atoms with Crippen LogP contribution in [0.4, 0.5) is 4.39 Å². The third-order valence-electron chi connectivity index (χ3n) is 5.05. The number of allylic oxidation sites excluding steroid dienone is 2. The second-order valence-electron chi connectivity index (χ2n) is 7.25. The largest absolute Gasteiger partial charge is 0.503 e. The summed E-state index contributed by atoms with van der Waals surface area (Å²) in [6.45, 7) is 6.81. The molecule has 9 nitrogen and oxygen atoms in total. The lowest BCUT2D eigenvalue weighted by Gasteiger charge is -2.35. The van der Waals surface area contributed by atoms with Gasteiger partial charge in [0, 0.05) is 31.7 Å². The molecule has 1 aromatic heterocycles. The van der Waals surface area contributed by atoms with E-state index >= 15 is 0 Å². The Balaban J connectivity index is 1.67. The maximum absolute atomic E-state index is 12.6. The van der Waals surface area contributed by atoms with Crippen LogP contribution in [0.25, 0.3) is 0 Å². The molecular formula is C21H27FN4O5. The average molecular weight is 434 g/mol. The summed E-state index contributed by atoms with van der Waals surface area (Å²) in [7, 11) is 0. The minimum Gasteiger partial charge on any atom is -0.503 e. The van der Waals surface area contributed by atoms with Crippen molar-refractivity contribution in [2.75, 3.05) is 45.0 Å². The number of ether oxygens (including phenoxy) is 2. The maximum atomic E-state index is 12.6. The van der Waals surface area contributed by atoms with Crippen molar-refractivity contribution in [2.24, 2.45) is 5.92 Å². The third kappa shape index (κ3) is 5.81. The molecule has 3 heterocycles. The van der Waals surface area contributed by atoms with Crippen LogP contribution < -0.4 is 16.2 Å². The molecule has 1 saturated heterocycles. The number of hydrogen-bond acceptors (Lipinski definition) is 7. The topological polar surface area (TPSA) is 105 Å². The van der Waals surface area contributed by atoms with Crippen LogP contribution in [0.5, 0.6) is 5.75 Å². The van der Waals surface area contributed by atoms with Gasteiger partial charge < -0.3 is 25.3 Å². The second-order valence-corrected chi connectivity index (χ2v) is 7.25. The van der Waals surface area contributed by atoms with Crippen LogP contribution in [0.15, 0.2) is 48.2 Å². The van der Waals surface area contributed by atoms with Crippen LogP contribution in [-0.4, -0.2) is 66.3 Å². The molecule has 1 aromatic rings. The molecule has 1 fully saturated rings. The van der Waals surface area contributed by atoms with E-state index in [1.165, 1.54) is 23.0 Å². The Bertz CT molecular complexity index is 908. The molecule has 0 spiro atoms. The summed E-state index contributed by atoms with van der Waals surface area (Å²) in [5, 5.41) is 13.1. The lowest BCUT2D eigenvalue weighted by atomic mass is 10.1. The van der Waals surface area contributed by atoms with E-state index in [9.17, 15) is 19.1 Å². The summed E-state index contributed by atoms with van der Waals surface area (Å²) in [6.07, 6.45) is 7.68. The monoisotopic (exact) mass is 434 g/mol. The smallest absolute Gasteiger partial charge is 0.257 e. The van der Waals surface area contributed by atoms with Crippen molar-refractivity contribution in [3.63, 3.8) is 0 Å². The van der Waals surface area contributed by atoms with E-state index in [1.54, 1.807) is 12.2 Å². The number of halogens is 1. The molecular weight excluding hydrogens is 407 g/mol. The van der Waals surface area contributed by atoms with Crippen LogP contribution in [-0.2, 0) is 16.0 Å². The predicted molar refractivity (Wildman–Crippen MR) is 113 cm³/mol. The first-order chi connectivity index (χ1) is 15.0. The van der Waals surface area contributed by atoms with Crippen LogP contribution in [0.2, 0.25) is 0 Å². The summed E-state index contributed by atoms with van der Waals surface area (Å²) in [5.41, 5.74) is 2.52. The van der Waals surface area contributed by atoms with Gasteiger partial charge in [0.15, 0.2) is 5.75 Å². The highest BCUT2D eigenvalue weighted by molar-refractivity contribution is 5.94. The molecule has 2 aliphatic heterocycles. The van der Waals surface area contributed by atoms with Gasteiger partial charge in [-0.15, -0.1) is 6.58 Å². The first-order valence-corrected chi connectivity index (χ1v) is 10.0. The molecule has 0 aromatic carbocycles. The van der Waals surface area contributed by atoms with Gasteiger partial charge in [0.25, 0.3) is 5.91 Å². The quantitative estimate of drug-likeness (QED) is 0.412. The minimum atomic E-state index is -0.740. The number of aromatic hydroxyl groups is 1. The van der Waals surface area contributed by atoms with E-state index in [1.807, 2.05) is 4.90 Å². The van der Waals surface area contributed by atoms with Gasteiger partial charge in [0.2, 0.25) is 5.43 Å². The molecule has 2 unspecified atom stereocenters. The van der Waals surface area contributed by atoms with Crippen molar-refractivity contribution in [3.05, 3.63) is 64.9 Å². The maximum Gasteiger partial charge on any atom is 0.257 e. The summed E-state index contributed by atoms with van der Waals surface area (Å²) >= 11 is 0. The number of carbonyl (C=O) groups excluding carboxylic acids is 1. The van der Waals surface area contributed by atoms with E-state index in [0.717, 1.165) is 0 Å². The number of pyridine rings is 1. The molecule has 0 saturated carbocycles. The van der Waals surface area contributed by atoms with E-state index in [0.29, 0.717) is 51.6 Å². The number of amides is 1. The molecule has 0 aliphatic carbocycles. The molecule has 3 N–H and O–H groups in total. The molecule has 31 heavy (non-hydrogen) atoms. The molecule has 0 bridgehead atoms. The average Bonchev–Trinajstić information content (AvgIpc) is 2.79. The fourth-order valence-corrected chi connectivity index (χ4v) is 3.38. The summed E-state index contributed by atoms with van der Waals surface area (Å²) in [4.78, 5) is 27.1. The summed E-state index contributed by atoms with van der Waals surface area (Å²) in [6, 6.07) is 0. The van der Waals surface area contributed by atoms with Gasteiger partial charge in [0.1, 0.15) is 5.56 Å². The van der Waals surface area contributed by atoms with Crippen LogP contribution >= 0.6 is 0 Å². The van der Waals surface area contributed by atoms with Crippen molar-refractivity contribution < 1.29 is 23.8 Å². The molecule has 3 rings (SSSR count). The van der Waals surface area contributed by atoms with Gasteiger partial charge >= 0.3 is 0 Å². The first kappa shape index (κ1) is 22.7. The van der Waals surface area contributed by atoms with Crippen LogP contribution in [0.1, 0.15) is 16.1 Å².